The van der Waals surface area contributed by atoms with Crippen LogP contribution in [-0.4, -0.2) is 41.4 Å². The van der Waals surface area contributed by atoms with Crippen LogP contribution in [0.2, 0.25) is 0 Å². The van der Waals surface area contributed by atoms with Crippen molar-refractivity contribution in [3.8, 4) is 23.0 Å². The molecule has 0 aliphatic carbocycles. The number of nitrogens with zero attached hydrogens (tertiary/aromatic N) is 1. The number of phenolic OH excluding ortho intramolecular Hbond substituents is 2. The first kappa shape index (κ1) is 22.2. The molecule has 1 fully saturated rings. The molecular weight excluding hydrogens is 428 g/mol. The quantitative estimate of drug-likeness (QED) is 0.486. The van der Waals surface area contributed by atoms with Gasteiger partial charge in [-0.3, -0.25) is 4.90 Å². The lowest BCUT2D eigenvalue weighted by molar-refractivity contribution is 0.183. The van der Waals surface area contributed by atoms with Gasteiger partial charge in [-0.15, -0.1) is 0 Å². The van der Waals surface area contributed by atoms with E-state index in [-0.39, 0.29) is 11.5 Å². The summed E-state index contributed by atoms with van der Waals surface area (Å²) in [7, 11) is 0. The molecule has 2 heterocycles. The average Bonchev–Trinajstić information content (AvgIpc) is 2.86. The molecule has 5 rings (SSSR count). The Balaban J connectivity index is 1.39. The van der Waals surface area contributed by atoms with E-state index in [1.165, 1.54) is 19.3 Å². The second kappa shape index (κ2) is 9.69. The van der Waals surface area contributed by atoms with Crippen LogP contribution in [0.4, 0.5) is 0 Å². The van der Waals surface area contributed by atoms with Crippen molar-refractivity contribution in [2.24, 2.45) is 5.73 Å². The summed E-state index contributed by atoms with van der Waals surface area (Å²) in [5.74, 6) is 1.66. The van der Waals surface area contributed by atoms with Crippen molar-refractivity contribution < 1.29 is 19.7 Å². The molecule has 0 saturated carbocycles. The summed E-state index contributed by atoms with van der Waals surface area (Å²) in [6.45, 7) is 3.92. The maximum Gasteiger partial charge on any atom is 0.151 e. The van der Waals surface area contributed by atoms with E-state index in [0.717, 1.165) is 47.6 Å². The van der Waals surface area contributed by atoms with Gasteiger partial charge in [0.1, 0.15) is 29.6 Å². The van der Waals surface area contributed by atoms with Gasteiger partial charge in [0.25, 0.3) is 0 Å². The lowest BCUT2D eigenvalue weighted by Crippen LogP contribution is -2.33. The maximum atomic E-state index is 9.97. The van der Waals surface area contributed by atoms with Gasteiger partial charge in [0.2, 0.25) is 0 Å². The van der Waals surface area contributed by atoms with Crippen molar-refractivity contribution in [2.75, 3.05) is 26.2 Å². The molecule has 2 aliphatic heterocycles. The van der Waals surface area contributed by atoms with Crippen molar-refractivity contribution in [3.05, 3.63) is 83.4 Å². The van der Waals surface area contributed by atoms with Gasteiger partial charge in [-0.1, -0.05) is 30.7 Å². The minimum Gasteiger partial charge on any atom is -0.508 e. The summed E-state index contributed by atoms with van der Waals surface area (Å²) in [5.41, 5.74) is 10.5. The first-order valence-electron chi connectivity index (χ1n) is 11.8. The summed E-state index contributed by atoms with van der Waals surface area (Å²) in [4.78, 5) is 2.46. The molecule has 0 spiro atoms. The van der Waals surface area contributed by atoms with Gasteiger partial charge in [0.05, 0.1) is 5.70 Å². The van der Waals surface area contributed by atoms with Gasteiger partial charge < -0.3 is 25.4 Å². The molecule has 1 atom stereocenters. The third-order valence-corrected chi connectivity index (χ3v) is 6.54. The van der Waals surface area contributed by atoms with Gasteiger partial charge in [-0.25, -0.2) is 0 Å². The molecule has 0 aromatic heterocycles. The second-order valence-corrected chi connectivity index (χ2v) is 8.87. The van der Waals surface area contributed by atoms with E-state index >= 15 is 0 Å². The zero-order valence-corrected chi connectivity index (χ0v) is 19.1. The Labute approximate surface area is 199 Å². The average molecular weight is 459 g/mol. The Morgan fingerprint density at radius 1 is 0.882 bits per heavy atom. The van der Waals surface area contributed by atoms with Crippen LogP contribution in [0, 0.1) is 0 Å². The van der Waals surface area contributed by atoms with Crippen molar-refractivity contribution in [1.82, 2.24) is 4.90 Å². The standard InChI is InChI=1S/C28H30N2O4/c29-27-24-13-10-22(32)18-25(24)34-28(26(27)19-4-8-21(31)9-5-19)20-6-11-23(12-7-20)33-17-16-30-14-2-1-3-15-30/h4-13,18,28,31-32H,1-3,14-17,29H2. The Bertz CT molecular complexity index is 1170. The van der Waals surface area contributed by atoms with E-state index < -0.39 is 6.10 Å². The van der Waals surface area contributed by atoms with Crippen LogP contribution in [0.25, 0.3) is 11.3 Å². The van der Waals surface area contributed by atoms with Gasteiger partial charge in [0.15, 0.2) is 6.10 Å². The molecule has 1 saturated heterocycles. The number of fused-ring (bicyclic) bond motifs is 1. The summed E-state index contributed by atoms with van der Waals surface area (Å²) in [6, 6.07) is 19.8. The zero-order chi connectivity index (χ0) is 23.5. The highest BCUT2D eigenvalue weighted by atomic mass is 16.5. The van der Waals surface area contributed by atoms with E-state index in [1.54, 1.807) is 30.3 Å². The first-order valence-corrected chi connectivity index (χ1v) is 11.8. The Morgan fingerprint density at radius 2 is 1.59 bits per heavy atom. The van der Waals surface area contributed by atoms with E-state index in [9.17, 15) is 10.2 Å². The van der Waals surface area contributed by atoms with Crippen LogP contribution in [0.1, 0.15) is 42.1 Å². The third kappa shape index (κ3) is 4.68. The van der Waals surface area contributed by atoms with E-state index in [0.29, 0.717) is 18.1 Å². The minimum atomic E-state index is -0.471. The number of nitrogens with two attached hydrogens (primary N) is 1. The molecule has 34 heavy (non-hydrogen) atoms. The molecule has 0 amide bonds. The third-order valence-electron chi connectivity index (χ3n) is 6.54. The number of phenols is 2. The van der Waals surface area contributed by atoms with E-state index in [1.807, 2.05) is 36.4 Å². The number of ether oxygens (including phenoxy) is 2. The molecule has 1 unspecified atom stereocenters. The highest BCUT2D eigenvalue weighted by Gasteiger charge is 2.30. The molecule has 4 N–H and O–H groups in total. The van der Waals surface area contributed by atoms with Gasteiger partial charge in [-0.2, -0.15) is 0 Å². The number of hydrogen-bond donors (Lipinski definition) is 3. The lowest BCUT2D eigenvalue weighted by atomic mass is 9.89. The minimum absolute atomic E-state index is 0.121. The first-order chi connectivity index (χ1) is 16.6. The van der Waals surface area contributed by atoms with Crippen LogP contribution < -0.4 is 15.2 Å². The Hall–Kier alpha value is -3.64. The molecule has 3 aromatic carbocycles. The predicted octanol–water partition coefficient (Wildman–Crippen LogP) is 4.92. The number of hydrogen-bond acceptors (Lipinski definition) is 6. The largest absolute Gasteiger partial charge is 0.508 e. The highest BCUT2D eigenvalue weighted by Crippen LogP contribution is 2.46. The van der Waals surface area contributed by atoms with Crippen LogP contribution in [0.3, 0.4) is 0 Å². The van der Waals surface area contributed by atoms with E-state index in [2.05, 4.69) is 4.90 Å². The lowest BCUT2D eigenvalue weighted by Gasteiger charge is -2.30. The van der Waals surface area contributed by atoms with Crippen molar-refractivity contribution in [1.29, 1.82) is 0 Å². The molecular formula is C28H30N2O4. The predicted molar refractivity (Wildman–Crippen MR) is 133 cm³/mol. The Morgan fingerprint density at radius 3 is 2.32 bits per heavy atom. The molecule has 3 aromatic rings. The number of rotatable bonds is 6. The summed E-state index contributed by atoms with van der Waals surface area (Å²) >= 11 is 0. The smallest absolute Gasteiger partial charge is 0.151 e. The van der Waals surface area contributed by atoms with E-state index in [4.69, 9.17) is 15.2 Å². The number of benzene rings is 3. The molecule has 6 heteroatoms. The molecule has 0 bridgehead atoms. The maximum absolute atomic E-state index is 9.97. The highest BCUT2D eigenvalue weighted by molar-refractivity contribution is 5.95. The van der Waals surface area contributed by atoms with Gasteiger partial charge in [-0.05, 0) is 73.5 Å². The van der Waals surface area contributed by atoms with Crippen molar-refractivity contribution in [3.63, 3.8) is 0 Å². The molecule has 6 nitrogen and oxygen atoms in total. The zero-order valence-electron chi connectivity index (χ0n) is 19.1. The topological polar surface area (TPSA) is 88.2 Å². The fourth-order valence-electron chi connectivity index (χ4n) is 4.70. The normalized spacial score (nSPS) is 18.3. The SMILES string of the molecule is NC1=C(c2ccc(O)cc2)C(c2ccc(OCCN3CCCCC3)cc2)Oc2cc(O)ccc21. The van der Waals surface area contributed by atoms with Crippen LogP contribution in [0.5, 0.6) is 23.0 Å². The number of aromatic hydroxyl groups is 2. The summed E-state index contributed by atoms with van der Waals surface area (Å²) in [5, 5.41) is 19.7. The van der Waals surface area contributed by atoms with Crippen LogP contribution in [-0.2, 0) is 0 Å². The Kier molecular flexibility index (Phi) is 6.32. The summed E-state index contributed by atoms with van der Waals surface area (Å²) < 4.78 is 12.3. The molecule has 176 valence electrons. The number of piperidine rings is 1. The van der Waals surface area contributed by atoms with Gasteiger partial charge >= 0.3 is 0 Å². The van der Waals surface area contributed by atoms with Crippen molar-refractivity contribution >= 4 is 11.3 Å². The summed E-state index contributed by atoms with van der Waals surface area (Å²) in [6.07, 6.45) is 3.41. The molecule has 0 radical (unpaired) electrons. The fraction of sp³-hybridized carbons (Fsp3) is 0.286. The van der Waals surface area contributed by atoms with Crippen molar-refractivity contribution in [2.45, 2.75) is 25.4 Å². The van der Waals surface area contributed by atoms with Crippen LogP contribution >= 0.6 is 0 Å². The number of likely N-dealkylation sites (tertiary alicyclic amines) is 1. The van der Waals surface area contributed by atoms with Crippen LogP contribution in [0.15, 0.2) is 66.7 Å². The van der Waals surface area contributed by atoms with Gasteiger partial charge in [0, 0.05) is 23.7 Å². The molecule has 2 aliphatic rings. The monoisotopic (exact) mass is 458 g/mol. The fourth-order valence-corrected chi connectivity index (χ4v) is 4.70. The second-order valence-electron chi connectivity index (χ2n) is 8.87.